The number of amides is 2. The molecule has 2 heterocycles. The van der Waals surface area contributed by atoms with Gasteiger partial charge in [-0.2, -0.15) is 0 Å². The van der Waals surface area contributed by atoms with Crippen LogP contribution in [0.1, 0.15) is 51.0 Å². The third-order valence-electron chi connectivity index (χ3n) is 9.60. The number of likely N-dealkylation sites (N-methyl/N-ethyl adjacent to an activating group) is 1. The van der Waals surface area contributed by atoms with Gasteiger partial charge in [0.05, 0.1) is 6.26 Å². The molecule has 0 radical (unpaired) electrons. The summed E-state index contributed by atoms with van der Waals surface area (Å²) in [5.74, 6) is -0.0450. The molecule has 9 nitrogen and oxygen atoms in total. The highest BCUT2D eigenvalue weighted by Gasteiger charge is 2.36. The minimum atomic E-state index is -3.31. The number of carbonyl (C=O) groups is 2. The maximum atomic E-state index is 14.1. The lowest BCUT2D eigenvalue weighted by molar-refractivity contribution is -0.137. The fraction of sp³-hybridized carbons (Fsp3) is 0.559. The first-order valence-electron chi connectivity index (χ1n) is 16.3. The number of hydrogen-bond donors (Lipinski definition) is 1. The average molecular weight is 656 g/mol. The van der Waals surface area contributed by atoms with Crippen molar-refractivity contribution in [3.05, 3.63) is 70.4 Å². The van der Waals surface area contributed by atoms with Crippen LogP contribution in [0.25, 0.3) is 0 Å². The van der Waals surface area contributed by atoms with Gasteiger partial charge in [-0.15, -0.1) is 0 Å². The molecule has 5 rings (SSSR count). The van der Waals surface area contributed by atoms with Crippen LogP contribution in [-0.2, 0) is 26.0 Å². The smallest absolute Gasteiger partial charge is 0.270 e. The van der Waals surface area contributed by atoms with Gasteiger partial charge in [0.2, 0.25) is 15.9 Å². The van der Waals surface area contributed by atoms with Crippen LogP contribution < -0.4 is 5.32 Å². The normalized spacial score (nSPS) is 22.4. The SMILES string of the molecule is CCN(CC(C1CCCCC1)N1CCN(C(=O)[C@@H](Cc2ccc(Cl)cc2)NC(=O)C2=CC3C=CCC=C3C=N2)CC1)S(C)(=O)=O. The van der Waals surface area contributed by atoms with E-state index >= 15 is 0 Å². The van der Waals surface area contributed by atoms with E-state index in [2.05, 4.69) is 33.4 Å². The number of nitrogens with one attached hydrogen (secondary N) is 1. The van der Waals surface area contributed by atoms with Gasteiger partial charge in [0, 0.05) is 68.9 Å². The number of fused-ring (bicyclic) bond motifs is 1. The van der Waals surface area contributed by atoms with E-state index in [1.54, 1.807) is 22.7 Å². The lowest BCUT2D eigenvalue weighted by atomic mass is 9.83. The lowest BCUT2D eigenvalue weighted by Crippen LogP contribution is -2.59. The van der Waals surface area contributed by atoms with Crippen molar-refractivity contribution in [1.82, 2.24) is 19.4 Å². The third-order valence-corrected chi connectivity index (χ3v) is 11.2. The second kappa shape index (κ2) is 15.2. The molecule has 1 saturated carbocycles. The van der Waals surface area contributed by atoms with Gasteiger partial charge < -0.3 is 10.2 Å². The van der Waals surface area contributed by atoms with Crippen molar-refractivity contribution in [3.63, 3.8) is 0 Å². The predicted molar refractivity (Wildman–Crippen MR) is 180 cm³/mol. The Morgan fingerprint density at radius 3 is 2.47 bits per heavy atom. The van der Waals surface area contributed by atoms with Crippen molar-refractivity contribution in [3.8, 4) is 0 Å². The molecular formula is C34H46ClN5O4S. The summed E-state index contributed by atoms with van der Waals surface area (Å²) in [6.45, 7) is 5.17. The summed E-state index contributed by atoms with van der Waals surface area (Å²) >= 11 is 6.12. The summed E-state index contributed by atoms with van der Waals surface area (Å²) in [6.07, 6.45) is 18.1. The number of rotatable bonds is 11. The summed E-state index contributed by atoms with van der Waals surface area (Å²) in [7, 11) is -3.31. The van der Waals surface area contributed by atoms with E-state index < -0.39 is 16.1 Å². The van der Waals surface area contributed by atoms with Gasteiger partial charge in [-0.05, 0) is 54.5 Å². The zero-order valence-corrected chi connectivity index (χ0v) is 28.0. The molecule has 1 N–H and O–H groups in total. The Balaban J connectivity index is 1.29. The molecule has 1 aromatic carbocycles. The average Bonchev–Trinajstić information content (AvgIpc) is 3.05. The predicted octanol–water partition coefficient (Wildman–Crippen LogP) is 4.21. The van der Waals surface area contributed by atoms with Crippen LogP contribution in [0, 0.1) is 11.8 Å². The van der Waals surface area contributed by atoms with Crippen molar-refractivity contribution in [2.24, 2.45) is 16.8 Å². The monoisotopic (exact) mass is 655 g/mol. The highest BCUT2D eigenvalue weighted by Crippen LogP contribution is 2.31. The second-order valence-electron chi connectivity index (χ2n) is 12.6. The first-order valence-corrected chi connectivity index (χ1v) is 18.5. The van der Waals surface area contributed by atoms with E-state index in [-0.39, 0.29) is 23.8 Å². The number of halogens is 1. The van der Waals surface area contributed by atoms with Crippen LogP contribution in [-0.4, -0.2) is 98.2 Å². The Morgan fingerprint density at radius 1 is 1.09 bits per heavy atom. The van der Waals surface area contributed by atoms with Gasteiger partial charge in [-0.25, -0.2) is 12.7 Å². The van der Waals surface area contributed by atoms with E-state index in [0.29, 0.717) is 62.3 Å². The van der Waals surface area contributed by atoms with Crippen LogP contribution in [0.2, 0.25) is 5.02 Å². The van der Waals surface area contributed by atoms with Crippen LogP contribution in [0.15, 0.2) is 64.8 Å². The summed E-state index contributed by atoms with van der Waals surface area (Å²) < 4.78 is 26.6. The molecule has 2 aliphatic heterocycles. The van der Waals surface area contributed by atoms with E-state index in [1.165, 1.54) is 25.5 Å². The molecule has 2 aliphatic carbocycles. The van der Waals surface area contributed by atoms with E-state index in [0.717, 1.165) is 30.4 Å². The highest BCUT2D eigenvalue weighted by molar-refractivity contribution is 7.88. The summed E-state index contributed by atoms with van der Waals surface area (Å²) in [5, 5.41) is 3.61. The molecule has 2 amide bonds. The highest BCUT2D eigenvalue weighted by atomic mass is 35.5. The number of allylic oxidation sites excluding steroid dienone is 5. The standard InChI is InChI=1S/C34H46ClN5O4S/c1-3-40(45(2,43)44)24-32(26-9-5-4-6-10-26)38-17-19-39(20-18-38)34(42)31(21-25-13-15-29(35)16-14-25)37-33(41)30-22-27-11-7-8-12-28(27)23-36-30/h7,11-16,22-23,26-27,31-32H,3-6,8-10,17-21,24H2,1-2H3,(H,37,41)/t27?,31-,32?/m1/s1. The Bertz CT molecular complexity index is 1440. The lowest BCUT2D eigenvalue weighted by Gasteiger charge is -2.45. The number of piperazine rings is 1. The third kappa shape index (κ3) is 8.73. The summed E-state index contributed by atoms with van der Waals surface area (Å²) in [4.78, 5) is 36.1. The number of carbonyl (C=O) groups excluding carboxylic acids is 2. The largest absolute Gasteiger partial charge is 0.339 e. The molecule has 244 valence electrons. The van der Waals surface area contributed by atoms with Gasteiger partial charge in [0.15, 0.2) is 0 Å². The maximum absolute atomic E-state index is 14.1. The molecule has 45 heavy (non-hydrogen) atoms. The molecule has 1 saturated heterocycles. The van der Waals surface area contributed by atoms with Gasteiger partial charge in [0.25, 0.3) is 5.91 Å². The van der Waals surface area contributed by atoms with Crippen molar-refractivity contribution < 1.29 is 18.0 Å². The summed E-state index contributed by atoms with van der Waals surface area (Å²) in [6, 6.07) is 6.69. The van der Waals surface area contributed by atoms with Crippen molar-refractivity contribution >= 4 is 39.7 Å². The minimum absolute atomic E-state index is 0.0129. The fourth-order valence-electron chi connectivity index (χ4n) is 7.03. The number of hydrogen-bond acceptors (Lipinski definition) is 6. The minimum Gasteiger partial charge on any atom is -0.339 e. The van der Waals surface area contributed by atoms with Crippen molar-refractivity contribution in [2.45, 2.75) is 64.0 Å². The quantitative estimate of drug-likeness (QED) is 0.360. The maximum Gasteiger partial charge on any atom is 0.270 e. The van der Waals surface area contributed by atoms with Gasteiger partial charge in [-0.1, -0.05) is 68.1 Å². The zero-order chi connectivity index (χ0) is 32.0. The van der Waals surface area contributed by atoms with Crippen LogP contribution in [0.4, 0.5) is 0 Å². The molecular weight excluding hydrogens is 610 g/mol. The molecule has 0 aromatic heterocycles. The number of sulfonamides is 1. The summed E-state index contributed by atoms with van der Waals surface area (Å²) in [5.41, 5.74) is 2.28. The Kier molecular flexibility index (Phi) is 11.3. The van der Waals surface area contributed by atoms with Gasteiger partial charge >= 0.3 is 0 Å². The molecule has 2 fully saturated rings. The Labute approximate surface area is 273 Å². The molecule has 3 atom stereocenters. The topological polar surface area (TPSA) is 102 Å². The molecule has 11 heteroatoms. The molecule has 4 aliphatic rings. The molecule has 0 bridgehead atoms. The van der Waals surface area contributed by atoms with E-state index in [1.807, 2.05) is 30.0 Å². The van der Waals surface area contributed by atoms with E-state index in [9.17, 15) is 18.0 Å². The first kappa shape index (κ1) is 33.6. The Hall–Kier alpha value is -2.79. The van der Waals surface area contributed by atoms with Crippen LogP contribution >= 0.6 is 11.6 Å². The molecule has 0 spiro atoms. The second-order valence-corrected chi connectivity index (χ2v) is 15.0. The van der Waals surface area contributed by atoms with Crippen molar-refractivity contribution in [1.29, 1.82) is 0 Å². The van der Waals surface area contributed by atoms with Crippen LogP contribution in [0.3, 0.4) is 0 Å². The fourth-order valence-corrected chi connectivity index (χ4v) is 8.05. The van der Waals surface area contributed by atoms with Crippen molar-refractivity contribution in [2.75, 3.05) is 45.5 Å². The van der Waals surface area contributed by atoms with E-state index in [4.69, 9.17) is 11.6 Å². The number of aliphatic imine (C=N–C) groups is 1. The van der Waals surface area contributed by atoms with Gasteiger partial charge in [0.1, 0.15) is 11.7 Å². The zero-order valence-electron chi connectivity index (χ0n) is 26.4. The Morgan fingerprint density at radius 2 is 1.80 bits per heavy atom. The van der Waals surface area contributed by atoms with Crippen LogP contribution in [0.5, 0.6) is 0 Å². The van der Waals surface area contributed by atoms with Gasteiger partial charge in [-0.3, -0.25) is 19.5 Å². The molecule has 1 aromatic rings. The first-order chi connectivity index (χ1) is 21.6. The molecule has 2 unspecified atom stereocenters. The number of benzene rings is 1. The number of nitrogens with zero attached hydrogens (tertiary/aromatic N) is 4.